The topological polar surface area (TPSA) is 29.5 Å². The molecule has 2 rings (SSSR count). The maximum atomic E-state index is 13.2. The lowest BCUT2D eigenvalue weighted by Crippen LogP contribution is -1.90. The number of halogens is 2. The number of aliphatic hydroxyl groups excluding tert-OH is 1. The maximum absolute atomic E-state index is 13.2. The summed E-state index contributed by atoms with van der Waals surface area (Å²) in [4.78, 5) is 0. The van der Waals surface area contributed by atoms with Crippen molar-refractivity contribution in [3.8, 4) is 11.5 Å². The van der Waals surface area contributed by atoms with Gasteiger partial charge in [-0.1, -0.05) is 6.07 Å². The molecule has 0 amide bonds. The zero-order chi connectivity index (χ0) is 12.3. The highest BCUT2D eigenvalue weighted by atomic mass is 127. The molecule has 1 N–H and O–H groups in total. The fourth-order valence-electron chi connectivity index (χ4n) is 1.44. The molecule has 0 spiro atoms. The van der Waals surface area contributed by atoms with Gasteiger partial charge in [0.15, 0.2) is 0 Å². The van der Waals surface area contributed by atoms with E-state index in [1.807, 2.05) is 18.2 Å². The van der Waals surface area contributed by atoms with Crippen LogP contribution in [0.15, 0.2) is 42.5 Å². The number of hydrogen-bond acceptors (Lipinski definition) is 2. The van der Waals surface area contributed by atoms with Crippen molar-refractivity contribution < 1.29 is 14.2 Å². The second kappa shape index (κ2) is 5.46. The first kappa shape index (κ1) is 12.3. The third-order valence-corrected chi connectivity index (χ3v) is 2.82. The molecule has 2 aromatic carbocycles. The van der Waals surface area contributed by atoms with Gasteiger partial charge in [-0.25, -0.2) is 4.39 Å². The number of benzene rings is 2. The van der Waals surface area contributed by atoms with Crippen LogP contribution in [-0.2, 0) is 6.61 Å². The van der Waals surface area contributed by atoms with Crippen LogP contribution in [0.25, 0.3) is 0 Å². The van der Waals surface area contributed by atoms with Crippen molar-refractivity contribution >= 4 is 22.6 Å². The van der Waals surface area contributed by atoms with Gasteiger partial charge in [-0.05, 0) is 58.5 Å². The Bertz CT molecular complexity index is 529. The highest BCUT2D eigenvalue weighted by molar-refractivity contribution is 14.1. The second-order valence-corrected chi connectivity index (χ2v) is 4.76. The van der Waals surface area contributed by atoms with E-state index in [0.717, 1.165) is 3.57 Å². The molecule has 0 aromatic heterocycles. The molecule has 0 atom stereocenters. The SMILES string of the molecule is OCc1cc(F)cc(Oc2cccc(I)c2)c1. The van der Waals surface area contributed by atoms with E-state index in [4.69, 9.17) is 9.84 Å². The molecule has 2 aromatic rings. The first-order valence-corrected chi connectivity index (χ1v) is 6.09. The van der Waals surface area contributed by atoms with E-state index in [-0.39, 0.29) is 6.61 Å². The van der Waals surface area contributed by atoms with Crippen LogP contribution in [0, 0.1) is 9.39 Å². The fourth-order valence-corrected chi connectivity index (χ4v) is 1.95. The van der Waals surface area contributed by atoms with Crippen molar-refractivity contribution in [1.82, 2.24) is 0 Å². The molecule has 0 unspecified atom stereocenters. The minimum Gasteiger partial charge on any atom is -0.457 e. The number of rotatable bonds is 3. The van der Waals surface area contributed by atoms with Crippen LogP contribution in [0.4, 0.5) is 4.39 Å². The number of hydrogen-bond donors (Lipinski definition) is 1. The summed E-state index contributed by atoms with van der Waals surface area (Å²) in [6.07, 6.45) is 0. The molecule has 0 saturated heterocycles. The summed E-state index contributed by atoms with van der Waals surface area (Å²) in [7, 11) is 0. The quantitative estimate of drug-likeness (QED) is 0.861. The summed E-state index contributed by atoms with van der Waals surface area (Å²) in [5, 5.41) is 8.97. The summed E-state index contributed by atoms with van der Waals surface area (Å²) < 4.78 is 19.8. The zero-order valence-electron chi connectivity index (χ0n) is 8.86. The van der Waals surface area contributed by atoms with Gasteiger partial charge in [0.25, 0.3) is 0 Å². The van der Waals surface area contributed by atoms with Crippen LogP contribution < -0.4 is 4.74 Å². The molecule has 88 valence electrons. The molecule has 17 heavy (non-hydrogen) atoms. The van der Waals surface area contributed by atoms with Crippen molar-refractivity contribution in [2.24, 2.45) is 0 Å². The van der Waals surface area contributed by atoms with Crippen molar-refractivity contribution in [2.75, 3.05) is 0 Å². The van der Waals surface area contributed by atoms with Gasteiger partial charge < -0.3 is 9.84 Å². The normalized spacial score (nSPS) is 10.3. The molecule has 0 aliphatic heterocycles. The van der Waals surface area contributed by atoms with E-state index in [0.29, 0.717) is 17.1 Å². The number of aliphatic hydroxyl groups is 1. The van der Waals surface area contributed by atoms with Crippen LogP contribution in [0.3, 0.4) is 0 Å². The maximum Gasteiger partial charge on any atom is 0.130 e. The van der Waals surface area contributed by atoms with Gasteiger partial charge in [0.2, 0.25) is 0 Å². The predicted octanol–water partition coefficient (Wildman–Crippen LogP) is 3.71. The van der Waals surface area contributed by atoms with Gasteiger partial charge in [-0.2, -0.15) is 0 Å². The highest BCUT2D eigenvalue weighted by Gasteiger charge is 2.03. The van der Waals surface area contributed by atoms with Gasteiger partial charge in [0.1, 0.15) is 17.3 Å². The summed E-state index contributed by atoms with van der Waals surface area (Å²) >= 11 is 2.17. The molecule has 0 heterocycles. The van der Waals surface area contributed by atoms with E-state index in [1.165, 1.54) is 12.1 Å². The standard InChI is InChI=1S/C13H10FIO2/c14-10-4-9(8-16)5-13(6-10)17-12-3-1-2-11(15)7-12/h1-7,16H,8H2. The van der Waals surface area contributed by atoms with Gasteiger partial charge in [-0.3, -0.25) is 0 Å². The molecular weight excluding hydrogens is 334 g/mol. The minimum absolute atomic E-state index is 0.208. The lowest BCUT2D eigenvalue weighted by Gasteiger charge is -2.07. The zero-order valence-corrected chi connectivity index (χ0v) is 11.0. The van der Waals surface area contributed by atoms with Crippen molar-refractivity contribution in [2.45, 2.75) is 6.61 Å². The Morgan fingerprint density at radius 3 is 2.65 bits per heavy atom. The third kappa shape index (κ3) is 3.41. The van der Waals surface area contributed by atoms with Crippen LogP contribution in [-0.4, -0.2) is 5.11 Å². The Hall–Kier alpha value is -1.14. The Morgan fingerprint density at radius 1 is 1.12 bits per heavy atom. The largest absolute Gasteiger partial charge is 0.457 e. The Balaban J connectivity index is 2.26. The average molecular weight is 344 g/mol. The minimum atomic E-state index is -0.419. The van der Waals surface area contributed by atoms with E-state index in [9.17, 15) is 4.39 Å². The van der Waals surface area contributed by atoms with E-state index >= 15 is 0 Å². The van der Waals surface area contributed by atoms with Crippen LogP contribution >= 0.6 is 22.6 Å². The average Bonchev–Trinajstić information content (AvgIpc) is 2.28. The molecule has 0 saturated carbocycles. The van der Waals surface area contributed by atoms with Crippen LogP contribution in [0.1, 0.15) is 5.56 Å². The lowest BCUT2D eigenvalue weighted by molar-refractivity contribution is 0.280. The summed E-state index contributed by atoms with van der Waals surface area (Å²) in [5.74, 6) is 0.611. The Labute approximate surface area is 112 Å². The number of ether oxygens (including phenoxy) is 1. The molecule has 0 fully saturated rings. The van der Waals surface area contributed by atoms with E-state index < -0.39 is 5.82 Å². The first-order valence-electron chi connectivity index (χ1n) is 5.01. The van der Waals surface area contributed by atoms with Crippen LogP contribution in [0.2, 0.25) is 0 Å². The van der Waals surface area contributed by atoms with Crippen LogP contribution in [0.5, 0.6) is 11.5 Å². The first-order chi connectivity index (χ1) is 8.17. The molecule has 0 aliphatic rings. The van der Waals surface area contributed by atoms with E-state index in [2.05, 4.69) is 22.6 Å². The third-order valence-electron chi connectivity index (χ3n) is 2.15. The molecular formula is C13H10FIO2. The van der Waals surface area contributed by atoms with Gasteiger partial charge >= 0.3 is 0 Å². The van der Waals surface area contributed by atoms with Crippen molar-refractivity contribution in [1.29, 1.82) is 0 Å². The lowest BCUT2D eigenvalue weighted by atomic mass is 10.2. The summed E-state index contributed by atoms with van der Waals surface area (Å²) in [5.41, 5.74) is 0.491. The highest BCUT2D eigenvalue weighted by Crippen LogP contribution is 2.24. The molecule has 0 aliphatic carbocycles. The van der Waals surface area contributed by atoms with Crippen molar-refractivity contribution in [3.63, 3.8) is 0 Å². The predicted molar refractivity (Wildman–Crippen MR) is 71.6 cm³/mol. The summed E-state index contributed by atoms with van der Waals surface area (Å²) in [6.45, 7) is -0.208. The van der Waals surface area contributed by atoms with Gasteiger partial charge in [0, 0.05) is 9.64 Å². The molecule has 4 heteroatoms. The molecule has 0 radical (unpaired) electrons. The Morgan fingerprint density at radius 2 is 1.94 bits per heavy atom. The Kier molecular flexibility index (Phi) is 3.96. The van der Waals surface area contributed by atoms with Crippen molar-refractivity contribution in [3.05, 3.63) is 57.4 Å². The molecule has 0 bridgehead atoms. The molecule has 2 nitrogen and oxygen atoms in total. The fraction of sp³-hybridized carbons (Fsp3) is 0.0769. The summed E-state index contributed by atoms with van der Waals surface area (Å²) in [6, 6.07) is 11.6. The smallest absolute Gasteiger partial charge is 0.130 e. The van der Waals surface area contributed by atoms with E-state index in [1.54, 1.807) is 12.1 Å². The van der Waals surface area contributed by atoms with Gasteiger partial charge in [-0.15, -0.1) is 0 Å². The second-order valence-electron chi connectivity index (χ2n) is 3.51. The monoisotopic (exact) mass is 344 g/mol. The van der Waals surface area contributed by atoms with Gasteiger partial charge in [0.05, 0.1) is 6.61 Å².